The van der Waals surface area contributed by atoms with E-state index < -0.39 is 0 Å². The van der Waals surface area contributed by atoms with Crippen molar-refractivity contribution in [2.24, 2.45) is 0 Å². The second kappa shape index (κ2) is 9.07. The van der Waals surface area contributed by atoms with Gasteiger partial charge in [-0.2, -0.15) is 0 Å². The van der Waals surface area contributed by atoms with E-state index in [-0.39, 0.29) is 35.8 Å². The van der Waals surface area contributed by atoms with Crippen molar-refractivity contribution in [2.75, 3.05) is 31.1 Å². The molecule has 0 bridgehead atoms. The molecule has 7 nitrogen and oxygen atoms in total. The van der Waals surface area contributed by atoms with Crippen molar-refractivity contribution in [3.8, 4) is 11.4 Å². The van der Waals surface area contributed by atoms with Crippen molar-refractivity contribution in [3.05, 3.63) is 76.0 Å². The monoisotopic (exact) mass is 421 g/mol. The Morgan fingerprint density at radius 2 is 1.81 bits per heavy atom. The van der Waals surface area contributed by atoms with E-state index in [1.807, 2.05) is 31.2 Å². The first-order valence-electron chi connectivity index (χ1n) is 10.3. The second-order valence-corrected chi connectivity index (χ2v) is 7.66. The summed E-state index contributed by atoms with van der Waals surface area (Å²) in [5.41, 5.74) is 2.75. The van der Waals surface area contributed by atoms with Crippen LogP contribution in [0.1, 0.15) is 17.7 Å². The minimum atomic E-state index is -0.319. The van der Waals surface area contributed by atoms with Gasteiger partial charge in [-0.15, -0.1) is 10.2 Å². The average Bonchev–Trinajstić information content (AvgIpc) is 2.78. The number of H-pyrrole nitrogens is 1. The first kappa shape index (κ1) is 20.7. The fraction of sp³-hybridized carbons (Fsp3) is 0.304. The predicted octanol–water partition coefficient (Wildman–Crippen LogP) is 2.56. The van der Waals surface area contributed by atoms with E-state index in [0.29, 0.717) is 32.0 Å². The predicted molar refractivity (Wildman–Crippen MR) is 116 cm³/mol. The molecule has 0 unspecified atom stereocenters. The third-order valence-corrected chi connectivity index (χ3v) is 5.46. The van der Waals surface area contributed by atoms with Crippen LogP contribution in [-0.2, 0) is 11.2 Å². The van der Waals surface area contributed by atoms with Gasteiger partial charge in [-0.1, -0.05) is 23.8 Å². The first-order chi connectivity index (χ1) is 15.0. The summed E-state index contributed by atoms with van der Waals surface area (Å²) >= 11 is 0. The van der Waals surface area contributed by atoms with Crippen LogP contribution in [0.2, 0.25) is 0 Å². The van der Waals surface area contributed by atoms with Gasteiger partial charge in [0.25, 0.3) is 5.56 Å². The van der Waals surface area contributed by atoms with Crippen molar-refractivity contribution in [1.82, 2.24) is 20.1 Å². The molecule has 1 amide bonds. The summed E-state index contributed by atoms with van der Waals surface area (Å²) in [6.45, 7) is 4.51. The lowest BCUT2D eigenvalue weighted by Gasteiger charge is -2.36. The molecule has 0 saturated carbocycles. The zero-order valence-electron chi connectivity index (χ0n) is 17.3. The van der Waals surface area contributed by atoms with Crippen LogP contribution in [0.3, 0.4) is 0 Å². The van der Waals surface area contributed by atoms with Crippen molar-refractivity contribution < 1.29 is 9.18 Å². The third kappa shape index (κ3) is 4.96. The van der Waals surface area contributed by atoms with Crippen LogP contribution in [0.5, 0.6) is 0 Å². The van der Waals surface area contributed by atoms with E-state index in [2.05, 4.69) is 20.1 Å². The van der Waals surface area contributed by atoms with Crippen molar-refractivity contribution in [2.45, 2.75) is 19.8 Å². The van der Waals surface area contributed by atoms with Crippen LogP contribution in [0, 0.1) is 12.7 Å². The van der Waals surface area contributed by atoms with Gasteiger partial charge in [-0.3, -0.25) is 9.59 Å². The maximum Gasteiger partial charge on any atom is 0.273 e. The number of amides is 1. The quantitative estimate of drug-likeness (QED) is 0.685. The molecule has 0 atom stereocenters. The summed E-state index contributed by atoms with van der Waals surface area (Å²) < 4.78 is 13.1. The van der Waals surface area contributed by atoms with Crippen LogP contribution in [0.15, 0.2) is 53.3 Å². The number of carbonyl (C=O) groups is 1. The van der Waals surface area contributed by atoms with E-state index in [1.165, 1.54) is 12.1 Å². The number of nitrogens with one attached hydrogen (secondary N) is 1. The van der Waals surface area contributed by atoms with Crippen LogP contribution in [0.4, 0.5) is 10.1 Å². The summed E-state index contributed by atoms with van der Waals surface area (Å²) in [4.78, 5) is 31.7. The molecule has 0 aliphatic carbocycles. The van der Waals surface area contributed by atoms with E-state index in [0.717, 1.165) is 16.8 Å². The molecular formula is C23H24FN5O2. The third-order valence-electron chi connectivity index (χ3n) is 5.46. The number of aryl methyl sites for hydroxylation is 2. The minimum absolute atomic E-state index is 0.0114. The van der Waals surface area contributed by atoms with Crippen LogP contribution < -0.4 is 10.5 Å². The number of aromatic nitrogens is 3. The molecule has 1 aliphatic rings. The van der Waals surface area contributed by atoms with Crippen LogP contribution >= 0.6 is 0 Å². The summed E-state index contributed by atoms with van der Waals surface area (Å²) in [6, 6.07) is 14.0. The number of aromatic amines is 1. The molecule has 0 spiro atoms. The van der Waals surface area contributed by atoms with Gasteiger partial charge in [-0.25, -0.2) is 4.39 Å². The topological polar surface area (TPSA) is 82.2 Å². The Bertz CT molecular complexity index is 1120. The van der Waals surface area contributed by atoms with E-state index in [9.17, 15) is 14.0 Å². The number of anilines is 1. The summed E-state index contributed by atoms with van der Waals surface area (Å²) in [6.07, 6.45) is 0.450. The van der Waals surface area contributed by atoms with Gasteiger partial charge < -0.3 is 14.8 Å². The van der Waals surface area contributed by atoms with Gasteiger partial charge in [0.15, 0.2) is 5.82 Å². The molecule has 160 valence electrons. The molecule has 0 radical (unpaired) electrons. The molecule has 31 heavy (non-hydrogen) atoms. The molecule has 1 fully saturated rings. The number of carbonyl (C=O) groups excluding carboxylic acids is 1. The summed E-state index contributed by atoms with van der Waals surface area (Å²) in [5.74, 6) is 0.144. The highest BCUT2D eigenvalue weighted by Crippen LogP contribution is 2.17. The number of halogens is 1. The van der Waals surface area contributed by atoms with Gasteiger partial charge in [0.1, 0.15) is 11.5 Å². The SMILES string of the molecule is Cc1cccc(-c2nnc(CCC(=O)N3CCN(c4ccc(F)cc4)CC3)c(=O)[nH]2)c1. The number of hydrogen-bond donors (Lipinski definition) is 1. The Morgan fingerprint density at radius 3 is 2.48 bits per heavy atom. The zero-order valence-corrected chi connectivity index (χ0v) is 17.3. The smallest absolute Gasteiger partial charge is 0.273 e. The van der Waals surface area contributed by atoms with Crippen molar-refractivity contribution in [3.63, 3.8) is 0 Å². The lowest BCUT2D eigenvalue weighted by atomic mass is 10.1. The van der Waals surface area contributed by atoms with E-state index in [1.54, 1.807) is 17.0 Å². The largest absolute Gasteiger partial charge is 0.368 e. The Morgan fingerprint density at radius 1 is 1.06 bits per heavy atom. The Kier molecular flexibility index (Phi) is 6.06. The van der Waals surface area contributed by atoms with Crippen molar-refractivity contribution in [1.29, 1.82) is 0 Å². The van der Waals surface area contributed by atoms with Gasteiger partial charge in [-0.05, 0) is 37.3 Å². The zero-order chi connectivity index (χ0) is 21.8. The Balaban J connectivity index is 1.32. The summed E-state index contributed by atoms with van der Waals surface area (Å²) in [5, 5.41) is 8.18. The number of hydrogen-bond acceptors (Lipinski definition) is 5. The maximum absolute atomic E-state index is 13.1. The highest BCUT2D eigenvalue weighted by Gasteiger charge is 2.21. The van der Waals surface area contributed by atoms with Gasteiger partial charge in [0.2, 0.25) is 5.91 Å². The second-order valence-electron chi connectivity index (χ2n) is 7.66. The first-order valence-corrected chi connectivity index (χ1v) is 10.3. The molecule has 1 aromatic heterocycles. The fourth-order valence-electron chi connectivity index (χ4n) is 3.70. The minimum Gasteiger partial charge on any atom is -0.368 e. The normalized spacial score (nSPS) is 14.0. The lowest BCUT2D eigenvalue weighted by molar-refractivity contribution is -0.131. The number of benzene rings is 2. The molecule has 4 rings (SSSR count). The Labute approximate surface area is 179 Å². The molecule has 1 aliphatic heterocycles. The van der Waals surface area contributed by atoms with Gasteiger partial charge in [0, 0.05) is 50.3 Å². The molecular weight excluding hydrogens is 397 g/mol. The molecule has 2 heterocycles. The Hall–Kier alpha value is -3.55. The number of rotatable bonds is 5. The number of piperazine rings is 1. The van der Waals surface area contributed by atoms with E-state index in [4.69, 9.17) is 0 Å². The highest BCUT2D eigenvalue weighted by atomic mass is 19.1. The fourth-order valence-corrected chi connectivity index (χ4v) is 3.70. The average molecular weight is 421 g/mol. The van der Waals surface area contributed by atoms with Crippen LogP contribution in [-0.4, -0.2) is 52.2 Å². The van der Waals surface area contributed by atoms with E-state index >= 15 is 0 Å². The summed E-state index contributed by atoms with van der Waals surface area (Å²) in [7, 11) is 0. The van der Waals surface area contributed by atoms with Gasteiger partial charge in [0.05, 0.1) is 0 Å². The molecule has 8 heteroatoms. The number of nitrogens with zero attached hydrogens (tertiary/aromatic N) is 4. The molecule has 3 aromatic rings. The maximum atomic E-state index is 13.1. The van der Waals surface area contributed by atoms with Crippen LogP contribution in [0.25, 0.3) is 11.4 Å². The standard InChI is InChI=1S/C23H24FN5O2/c1-16-3-2-4-17(15-16)22-25-23(31)20(26-27-22)9-10-21(30)29-13-11-28(12-14-29)19-7-5-18(24)6-8-19/h2-8,15H,9-14H2,1H3,(H,25,27,31). The van der Waals surface area contributed by atoms with Gasteiger partial charge >= 0.3 is 0 Å². The van der Waals surface area contributed by atoms with Crippen molar-refractivity contribution >= 4 is 11.6 Å². The lowest BCUT2D eigenvalue weighted by Crippen LogP contribution is -2.48. The molecule has 2 aromatic carbocycles. The highest BCUT2D eigenvalue weighted by molar-refractivity contribution is 5.76. The molecule has 1 N–H and O–H groups in total. The molecule has 1 saturated heterocycles.